The molecule has 0 aliphatic rings. The van der Waals surface area contributed by atoms with Crippen LogP contribution in [0.2, 0.25) is 0 Å². The summed E-state index contributed by atoms with van der Waals surface area (Å²) in [6.45, 7) is 4.61. The zero-order chi connectivity index (χ0) is 18.5. The van der Waals surface area contributed by atoms with E-state index in [-0.39, 0.29) is 5.91 Å². The van der Waals surface area contributed by atoms with E-state index in [1.54, 1.807) is 4.90 Å². The van der Waals surface area contributed by atoms with Crippen molar-refractivity contribution in [2.24, 2.45) is 0 Å². The van der Waals surface area contributed by atoms with Gasteiger partial charge in [-0.2, -0.15) is 0 Å². The lowest BCUT2D eigenvalue weighted by Gasteiger charge is -2.24. The van der Waals surface area contributed by atoms with Gasteiger partial charge in [0.15, 0.2) is 6.10 Å². The number of hydrogen-bond donors (Lipinski definition) is 0. The molecule has 0 heterocycles. The SMILES string of the molecule is CC[C@@H](Oc1ccc2ccccc2c1)C(=O)N(C)Cc1ccc(C)cc1. The van der Waals surface area contributed by atoms with Gasteiger partial charge in [0, 0.05) is 13.6 Å². The van der Waals surface area contributed by atoms with Gasteiger partial charge in [-0.3, -0.25) is 4.79 Å². The molecule has 0 aliphatic heterocycles. The zero-order valence-corrected chi connectivity index (χ0v) is 15.6. The Balaban J connectivity index is 1.69. The van der Waals surface area contributed by atoms with Crippen molar-refractivity contribution in [2.45, 2.75) is 32.9 Å². The number of benzene rings is 3. The fourth-order valence-corrected chi connectivity index (χ4v) is 3.00. The van der Waals surface area contributed by atoms with Crippen molar-refractivity contribution in [3.63, 3.8) is 0 Å². The van der Waals surface area contributed by atoms with E-state index < -0.39 is 6.10 Å². The Bertz CT molecular complexity index is 886. The van der Waals surface area contributed by atoms with Crippen LogP contribution >= 0.6 is 0 Å². The highest BCUT2D eigenvalue weighted by Gasteiger charge is 2.22. The number of carbonyl (C=O) groups is 1. The number of fused-ring (bicyclic) bond motifs is 1. The number of hydrogen-bond acceptors (Lipinski definition) is 2. The average Bonchev–Trinajstić information content (AvgIpc) is 2.67. The van der Waals surface area contributed by atoms with Gasteiger partial charge in [-0.15, -0.1) is 0 Å². The van der Waals surface area contributed by atoms with Crippen LogP contribution in [-0.4, -0.2) is 24.0 Å². The highest BCUT2D eigenvalue weighted by atomic mass is 16.5. The molecular weight excluding hydrogens is 322 g/mol. The standard InChI is InChI=1S/C23H25NO2/c1-4-22(23(25)24(3)16-18-11-9-17(2)10-12-18)26-21-14-13-19-7-5-6-8-20(19)15-21/h5-15,22H,4,16H2,1-3H3/t22-/m1/s1. The summed E-state index contributed by atoms with van der Waals surface area (Å²) in [4.78, 5) is 14.6. The first-order valence-electron chi connectivity index (χ1n) is 9.03. The van der Waals surface area contributed by atoms with Gasteiger partial charge in [-0.05, 0) is 41.8 Å². The molecule has 0 unspecified atom stereocenters. The second-order valence-electron chi connectivity index (χ2n) is 6.70. The van der Waals surface area contributed by atoms with Crippen molar-refractivity contribution in [1.82, 2.24) is 4.90 Å². The second kappa shape index (κ2) is 8.05. The molecule has 0 saturated carbocycles. The van der Waals surface area contributed by atoms with Crippen molar-refractivity contribution in [1.29, 1.82) is 0 Å². The molecular formula is C23H25NO2. The number of likely N-dealkylation sites (N-methyl/N-ethyl adjacent to an activating group) is 1. The summed E-state index contributed by atoms with van der Waals surface area (Å²) in [7, 11) is 1.83. The molecule has 0 aromatic heterocycles. The molecule has 3 heteroatoms. The Kier molecular flexibility index (Phi) is 5.57. The molecule has 1 atom stereocenters. The first kappa shape index (κ1) is 18.0. The Morgan fingerprint density at radius 1 is 1.00 bits per heavy atom. The maximum Gasteiger partial charge on any atom is 0.263 e. The van der Waals surface area contributed by atoms with E-state index in [2.05, 4.69) is 43.3 Å². The maximum atomic E-state index is 12.8. The van der Waals surface area contributed by atoms with Crippen LogP contribution in [0.25, 0.3) is 10.8 Å². The van der Waals surface area contributed by atoms with Crippen molar-refractivity contribution in [2.75, 3.05) is 7.05 Å². The zero-order valence-electron chi connectivity index (χ0n) is 15.6. The maximum absolute atomic E-state index is 12.8. The molecule has 0 N–H and O–H groups in total. The van der Waals surface area contributed by atoms with E-state index in [0.717, 1.165) is 22.1 Å². The smallest absolute Gasteiger partial charge is 0.263 e. The average molecular weight is 347 g/mol. The summed E-state index contributed by atoms with van der Waals surface area (Å²) < 4.78 is 6.02. The summed E-state index contributed by atoms with van der Waals surface area (Å²) >= 11 is 0. The molecule has 0 fully saturated rings. The third-order valence-corrected chi connectivity index (χ3v) is 4.56. The van der Waals surface area contributed by atoms with Gasteiger partial charge in [0.25, 0.3) is 5.91 Å². The van der Waals surface area contributed by atoms with Crippen LogP contribution in [0.5, 0.6) is 5.75 Å². The van der Waals surface area contributed by atoms with E-state index >= 15 is 0 Å². The van der Waals surface area contributed by atoms with Gasteiger partial charge in [-0.25, -0.2) is 0 Å². The lowest BCUT2D eigenvalue weighted by atomic mass is 10.1. The Morgan fingerprint density at radius 2 is 1.69 bits per heavy atom. The van der Waals surface area contributed by atoms with Gasteiger partial charge >= 0.3 is 0 Å². The summed E-state index contributed by atoms with van der Waals surface area (Å²) in [6.07, 6.45) is 0.149. The van der Waals surface area contributed by atoms with Crippen LogP contribution in [0, 0.1) is 6.92 Å². The molecule has 3 aromatic rings. The molecule has 3 nitrogen and oxygen atoms in total. The van der Waals surface area contributed by atoms with Crippen molar-refractivity contribution in [3.8, 4) is 5.75 Å². The Morgan fingerprint density at radius 3 is 2.38 bits per heavy atom. The lowest BCUT2D eigenvalue weighted by Crippen LogP contribution is -2.39. The van der Waals surface area contributed by atoms with Crippen LogP contribution in [0.1, 0.15) is 24.5 Å². The van der Waals surface area contributed by atoms with E-state index in [1.807, 2.05) is 44.3 Å². The number of rotatable bonds is 6. The van der Waals surface area contributed by atoms with Crippen molar-refractivity contribution >= 4 is 16.7 Å². The molecule has 0 aliphatic carbocycles. The van der Waals surface area contributed by atoms with E-state index in [1.165, 1.54) is 5.56 Å². The number of nitrogens with zero attached hydrogens (tertiary/aromatic N) is 1. The molecule has 26 heavy (non-hydrogen) atoms. The Labute approximate surface area is 155 Å². The van der Waals surface area contributed by atoms with Crippen LogP contribution in [0.3, 0.4) is 0 Å². The highest BCUT2D eigenvalue weighted by Crippen LogP contribution is 2.22. The summed E-state index contributed by atoms with van der Waals surface area (Å²) in [6, 6.07) is 22.3. The molecule has 1 amide bonds. The number of amides is 1. The fourth-order valence-electron chi connectivity index (χ4n) is 3.00. The number of aryl methyl sites for hydroxylation is 1. The highest BCUT2D eigenvalue weighted by molar-refractivity contribution is 5.84. The van der Waals surface area contributed by atoms with Gasteiger partial charge < -0.3 is 9.64 Å². The minimum absolute atomic E-state index is 0.00114. The van der Waals surface area contributed by atoms with E-state index in [4.69, 9.17) is 4.74 Å². The minimum atomic E-state index is -0.480. The minimum Gasteiger partial charge on any atom is -0.481 e. The first-order chi connectivity index (χ1) is 12.6. The molecule has 134 valence electrons. The predicted molar refractivity (Wildman–Crippen MR) is 106 cm³/mol. The summed E-state index contributed by atoms with van der Waals surface area (Å²) in [5.74, 6) is 0.730. The van der Waals surface area contributed by atoms with Gasteiger partial charge in [0.2, 0.25) is 0 Å². The summed E-state index contributed by atoms with van der Waals surface area (Å²) in [5.41, 5.74) is 2.33. The van der Waals surface area contributed by atoms with E-state index in [9.17, 15) is 4.79 Å². The van der Waals surface area contributed by atoms with Crippen molar-refractivity contribution in [3.05, 3.63) is 77.9 Å². The second-order valence-corrected chi connectivity index (χ2v) is 6.70. The van der Waals surface area contributed by atoms with Crippen LogP contribution in [0.4, 0.5) is 0 Å². The fraction of sp³-hybridized carbons (Fsp3) is 0.261. The van der Waals surface area contributed by atoms with Crippen molar-refractivity contribution < 1.29 is 9.53 Å². The van der Waals surface area contributed by atoms with Crippen LogP contribution < -0.4 is 4.74 Å². The third-order valence-electron chi connectivity index (χ3n) is 4.56. The van der Waals surface area contributed by atoms with Crippen LogP contribution in [0.15, 0.2) is 66.7 Å². The number of carbonyl (C=O) groups excluding carboxylic acids is 1. The first-order valence-corrected chi connectivity index (χ1v) is 9.03. The lowest BCUT2D eigenvalue weighted by molar-refractivity contribution is -0.138. The quantitative estimate of drug-likeness (QED) is 0.630. The molecule has 0 radical (unpaired) electrons. The van der Waals surface area contributed by atoms with Gasteiger partial charge in [0.05, 0.1) is 0 Å². The summed E-state index contributed by atoms with van der Waals surface area (Å²) in [5, 5.41) is 2.27. The molecule has 0 bridgehead atoms. The largest absolute Gasteiger partial charge is 0.481 e. The molecule has 0 spiro atoms. The van der Waals surface area contributed by atoms with Gasteiger partial charge in [0.1, 0.15) is 5.75 Å². The van der Waals surface area contributed by atoms with E-state index in [0.29, 0.717) is 13.0 Å². The third kappa shape index (κ3) is 4.23. The van der Waals surface area contributed by atoms with Gasteiger partial charge in [-0.1, -0.05) is 67.1 Å². The molecule has 3 rings (SSSR count). The monoisotopic (exact) mass is 347 g/mol. The Hall–Kier alpha value is -2.81. The predicted octanol–water partition coefficient (Wildman–Crippen LogP) is 4.96. The molecule has 3 aromatic carbocycles. The number of ether oxygens (including phenoxy) is 1. The van der Waals surface area contributed by atoms with Crippen LogP contribution in [-0.2, 0) is 11.3 Å². The normalized spacial score (nSPS) is 12.0. The topological polar surface area (TPSA) is 29.5 Å². The molecule has 0 saturated heterocycles.